The van der Waals surface area contributed by atoms with Crippen molar-refractivity contribution in [3.05, 3.63) is 246 Å². The number of aryl methyl sites for hydroxylation is 20. The molecule has 0 aliphatic heterocycles. The summed E-state index contributed by atoms with van der Waals surface area (Å²) in [4.78, 5) is 20.2. The van der Waals surface area contributed by atoms with Crippen LogP contribution in [-0.2, 0) is 137 Å². The number of H-pyrrole nitrogens is 2. The minimum Gasteiger partial charge on any atom is -0.855 e. The second kappa shape index (κ2) is 74.5. The van der Waals surface area contributed by atoms with Crippen molar-refractivity contribution in [2.24, 2.45) is 0 Å². The number of nitrogens with one attached hydrogen (secondary N) is 2. The van der Waals surface area contributed by atoms with Crippen molar-refractivity contribution in [1.82, 2.24) is 102 Å². The Morgan fingerprint density at radius 3 is 0.491 bits per heavy atom. The van der Waals surface area contributed by atoms with E-state index in [1.54, 1.807) is 36.4 Å². The van der Waals surface area contributed by atoms with E-state index in [1.165, 1.54) is 24.3 Å². The molecule has 10 aromatic heterocycles. The van der Waals surface area contributed by atoms with Gasteiger partial charge in [0.2, 0.25) is 0 Å². The number of hydrogen-bond acceptors (Lipinski definition) is 20. The fourth-order valence-electron chi connectivity index (χ4n) is 6.50. The molecule has 2 N–H and O–H groups in total. The van der Waals surface area contributed by atoms with Gasteiger partial charge in [-0.15, -0.1) is 45.6 Å². The molecule has 0 aliphatic rings. The van der Waals surface area contributed by atoms with Crippen molar-refractivity contribution in [2.45, 2.75) is 151 Å². The number of carboxylic acid groups (broad SMARTS) is 2. The first kappa shape index (κ1) is 122. The standard InChI is InChI=1S/2C7H6O2.2C5H8N2.8C5H7N2.2C3H5O3.8Cu/c2*8-7(9)6-4-2-1-3-5-6;10*1-4-3-5(2)7-6-4;2*4-1-3(6)2-5;;;;;;;;/h2*1-5H,(H,8,9);2*3H,1-2H3,(H,6,7);8*3H,1-2H3;2*3H,1-2H2;;;;;;;;/q;;;;8*-1;2*-3;8*+2/p-2. The van der Waals surface area contributed by atoms with E-state index in [0.717, 1.165) is 114 Å². The molecule has 0 saturated heterocycles. The number of carbonyl (C=O) groups is 2. The average Bonchev–Trinajstić information content (AvgIpc) is 1.85. The number of carbonyl (C=O) groups excluding carboxylic acids is 2. The van der Waals surface area contributed by atoms with Gasteiger partial charge in [-0.3, -0.25) is 10.2 Å². The number of nitrogens with zero attached hydrogens (tertiary/aromatic N) is 18. The van der Waals surface area contributed by atoms with E-state index in [1.807, 2.05) is 199 Å². The van der Waals surface area contributed by atoms with Crippen LogP contribution in [0, 0.1) is 138 Å². The summed E-state index contributed by atoms with van der Waals surface area (Å²) < 4.78 is 0. The van der Waals surface area contributed by atoms with Gasteiger partial charge in [-0.25, -0.2) is 0 Å². The van der Waals surface area contributed by atoms with Gasteiger partial charge in [0.25, 0.3) is 0 Å². The van der Waals surface area contributed by atoms with Gasteiger partial charge in [-0.1, -0.05) is 165 Å². The van der Waals surface area contributed by atoms with Gasteiger partial charge in [-0.05, 0) is 106 Å². The van der Waals surface area contributed by atoms with E-state index in [-0.39, 0.29) is 148 Å². The van der Waals surface area contributed by atoms with Crippen LogP contribution in [0.25, 0.3) is 0 Å². The number of aromatic nitrogens is 20. The third-order valence-electron chi connectivity index (χ3n) is 10.7. The van der Waals surface area contributed by atoms with Crippen molar-refractivity contribution in [3.63, 3.8) is 0 Å². The predicted octanol–water partition coefficient (Wildman–Crippen LogP) is 0.250. The van der Waals surface area contributed by atoms with Gasteiger partial charge >= 0.3 is 137 Å². The summed E-state index contributed by atoms with van der Waals surface area (Å²) in [6.45, 7) is 35.6. The molecule has 10 heterocycles. The Labute approximate surface area is 718 Å². The fraction of sp³-hybridized carbons (Fsp3) is 0.371. The minimum atomic E-state index is -1.43. The fourth-order valence-corrected chi connectivity index (χ4v) is 6.50. The predicted molar refractivity (Wildman–Crippen MR) is 361 cm³/mol. The smallest absolute Gasteiger partial charge is 0.855 e. The maximum absolute atomic E-state index is 10.1. The first-order chi connectivity index (χ1) is 47.1. The minimum absolute atomic E-state index is 0. The van der Waals surface area contributed by atoms with E-state index >= 15 is 0 Å². The number of hydrogen-bond donors (Lipinski definition) is 2. The Hall–Kier alpha value is -6.60. The Kier molecular flexibility index (Phi) is 84.4. The molecule has 12 aromatic rings. The number of aromatic amines is 2. The first-order valence-electron chi connectivity index (χ1n) is 30.7. The molecule has 0 fully saturated rings. The van der Waals surface area contributed by atoms with Gasteiger partial charge in [0.05, 0.1) is 23.3 Å². The zero-order valence-electron chi connectivity index (χ0n) is 63.1. The van der Waals surface area contributed by atoms with E-state index in [4.69, 9.17) is 0 Å². The number of aromatic carboxylic acids is 2. The van der Waals surface area contributed by atoms with Crippen LogP contribution in [0.5, 0.6) is 0 Å². The van der Waals surface area contributed by atoms with Crippen LogP contribution >= 0.6 is 0 Å². The van der Waals surface area contributed by atoms with Gasteiger partial charge in [0.1, 0.15) is 0 Å². The Bertz CT molecular complexity index is 3080. The van der Waals surface area contributed by atoms with Gasteiger partial charge in [-0.2, -0.15) is 48.8 Å². The maximum atomic E-state index is 10.1. The summed E-state index contributed by atoms with van der Waals surface area (Å²) in [5, 5.41) is 151. The third-order valence-corrected chi connectivity index (χ3v) is 10.7. The zero-order chi connectivity index (χ0) is 76.1. The SMILES string of the molecule is Cc1cc(C)[n-]n1.Cc1cc(C)[n-]n1.Cc1cc(C)[n-]n1.Cc1cc(C)[n-]n1.Cc1cc(C)[n-]n1.Cc1cc(C)[n-]n1.Cc1cc(C)[n-]n1.Cc1cc(C)[n-]n1.Cc1cc(C)[nH]n1.Cc1cc(C)[nH]n1.O=C([O-])c1ccccc1.O=C([O-])c1ccccc1.[Cu+2].[Cu+2].[Cu+2].[Cu+2].[Cu+2].[Cu+2].[Cu+2].[Cu+2].[O-]CC([O-])C[O-].[O-]CC([O-])C[O-]. The van der Waals surface area contributed by atoms with Crippen LogP contribution in [0.1, 0.15) is 135 Å². The second-order valence-electron chi connectivity index (χ2n) is 21.6. The van der Waals surface area contributed by atoms with E-state index in [9.17, 15) is 50.4 Å². The molecule has 0 saturated carbocycles. The molecule has 0 amide bonds. The topological polar surface area (TPSA) is 492 Å². The van der Waals surface area contributed by atoms with E-state index in [0.29, 0.717) is 0 Å². The van der Waals surface area contributed by atoms with Crippen LogP contribution in [0.3, 0.4) is 0 Å². The summed E-state index contributed by atoms with van der Waals surface area (Å²) in [5.74, 6) is -2.26. The molecule has 12 rings (SSSR count). The van der Waals surface area contributed by atoms with Gasteiger partial charge in [0.15, 0.2) is 0 Å². The first-order valence-corrected chi connectivity index (χ1v) is 30.7. The Morgan fingerprint density at radius 2 is 0.444 bits per heavy atom. The number of carboxylic acids is 2. The van der Waals surface area contributed by atoms with Crippen molar-refractivity contribution in [1.29, 1.82) is 0 Å². The normalized spacial score (nSPS) is 8.70. The third kappa shape index (κ3) is 72.3. The van der Waals surface area contributed by atoms with E-state index in [2.05, 4.69) is 102 Å². The Balaban J connectivity index is -0.000000119. The summed E-state index contributed by atoms with van der Waals surface area (Å²) in [6, 6.07) is 35.7. The van der Waals surface area contributed by atoms with Gasteiger partial charge in [0, 0.05) is 56.9 Å². The van der Waals surface area contributed by atoms with Crippen molar-refractivity contribution >= 4 is 11.9 Å². The molecule has 0 spiro atoms. The van der Waals surface area contributed by atoms with E-state index < -0.39 is 50.6 Å². The second-order valence-corrected chi connectivity index (χ2v) is 21.6. The number of benzene rings is 2. The van der Waals surface area contributed by atoms with Crippen LogP contribution in [0.15, 0.2) is 121 Å². The largest absolute Gasteiger partial charge is 2.00 e. The molecule has 0 unspecified atom stereocenters. The molecule has 38 heteroatoms. The molecular weight excluding hydrogens is 1790 g/mol. The summed E-state index contributed by atoms with van der Waals surface area (Å²) in [5.41, 5.74) is 20.8. The van der Waals surface area contributed by atoms with Crippen molar-refractivity contribution < 1.29 is 187 Å². The molecule has 108 heavy (non-hydrogen) atoms. The average molecular weight is 1880 g/mol. The molecule has 2 aromatic carbocycles. The summed E-state index contributed by atoms with van der Waals surface area (Å²) in [6.07, 6.45) is -2.85. The molecule has 30 nitrogen and oxygen atoms in total. The summed E-state index contributed by atoms with van der Waals surface area (Å²) >= 11 is 0. The van der Waals surface area contributed by atoms with Crippen LogP contribution in [0.4, 0.5) is 0 Å². The summed E-state index contributed by atoms with van der Waals surface area (Å²) in [7, 11) is 0. The van der Waals surface area contributed by atoms with Crippen molar-refractivity contribution in [2.75, 3.05) is 26.4 Å². The van der Waals surface area contributed by atoms with Crippen LogP contribution in [0.2, 0.25) is 0 Å². The van der Waals surface area contributed by atoms with Crippen molar-refractivity contribution in [3.8, 4) is 0 Å². The molecule has 8 radical (unpaired) electrons. The van der Waals surface area contributed by atoms with Crippen LogP contribution in [-0.4, -0.2) is 112 Å². The molecule has 0 atom stereocenters. The maximum Gasteiger partial charge on any atom is 2.00 e. The number of rotatable bonds is 6. The molecule has 0 bridgehead atoms. The zero-order valence-corrected chi connectivity index (χ0v) is 70.6. The van der Waals surface area contributed by atoms with Crippen LogP contribution < -0.4 is 81.6 Å². The molecule has 620 valence electrons. The molecule has 0 aliphatic carbocycles. The van der Waals surface area contributed by atoms with Gasteiger partial charge < -0.3 is 132 Å². The monoisotopic (exact) mass is 1880 g/mol. The Morgan fingerprint density at radius 1 is 0.287 bits per heavy atom. The quantitative estimate of drug-likeness (QED) is 0.211. The molecular formula is C70H92Cu8N20O10.